The maximum absolute atomic E-state index is 10.5. The molecule has 0 fully saturated rings. The van der Waals surface area contributed by atoms with Crippen LogP contribution in [-0.4, -0.2) is 31.8 Å². The van der Waals surface area contributed by atoms with E-state index in [9.17, 15) is 4.79 Å². The molecule has 0 aliphatic rings. The first-order valence-electron chi connectivity index (χ1n) is 11.4. The number of nitrogens with one attached hydrogen (secondary N) is 1. The van der Waals surface area contributed by atoms with Gasteiger partial charge >= 0.3 is 0 Å². The summed E-state index contributed by atoms with van der Waals surface area (Å²) < 4.78 is 5.79. The van der Waals surface area contributed by atoms with Crippen molar-refractivity contribution in [1.82, 2.24) is 5.32 Å². The molecular weight excluding hydrogens is 420 g/mol. The molecule has 0 aliphatic heterocycles. The van der Waals surface area contributed by atoms with Gasteiger partial charge in [0.25, 0.3) is 0 Å². The minimum Gasteiger partial charge on any atom is -0.494 e. The minimum absolute atomic E-state index is 0.145. The molecule has 0 radical (unpaired) electrons. The highest BCUT2D eigenvalue weighted by Crippen LogP contribution is 2.32. The van der Waals surface area contributed by atoms with Crippen LogP contribution in [-0.2, 0) is 11.2 Å². The molecule has 1 N–H and O–H groups in total. The van der Waals surface area contributed by atoms with Gasteiger partial charge in [-0.15, -0.1) is 0 Å². The van der Waals surface area contributed by atoms with Gasteiger partial charge in [-0.3, -0.25) is 9.79 Å². The average molecular weight is 461 g/mol. The Bertz CT molecular complexity index is 823. The van der Waals surface area contributed by atoms with E-state index in [1.807, 2.05) is 45.9 Å². The third kappa shape index (κ3) is 11.3. The fourth-order valence-electron chi connectivity index (χ4n) is 2.67. The van der Waals surface area contributed by atoms with Crippen LogP contribution in [0.3, 0.4) is 0 Å². The van der Waals surface area contributed by atoms with E-state index in [0.717, 1.165) is 64.6 Å². The van der Waals surface area contributed by atoms with Crippen LogP contribution in [0.4, 0.5) is 0 Å². The van der Waals surface area contributed by atoms with Crippen molar-refractivity contribution in [2.75, 3.05) is 20.2 Å². The molecule has 5 heteroatoms. The number of ether oxygens (including phenoxy) is 1. The number of nitrogens with zero attached hydrogens (tertiary/aromatic N) is 1. The number of carbonyl (C=O) groups is 1. The van der Waals surface area contributed by atoms with Crippen molar-refractivity contribution < 1.29 is 9.53 Å². The van der Waals surface area contributed by atoms with Crippen LogP contribution >= 0.6 is 11.6 Å². The van der Waals surface area contributed by atoms with Gasteiger partial charge in [-0.05, 0) is 62.5 Å². The van der Waals surface area contributed by atoms with Gasteiger partial charge in [0.2, 0.25) is 5.91 Å². The van der Waals surface area contributed by atoms with Gasteiger partial charge in [-0.25, -0.2) is 0 Å². The Kier molecular flexibility index (Phi) is 16.0. The molecule has 0 atom stereocenters. The summed E-state index contributed by atoms with van der Waals surface area (Å²) in [5.41, 5.74) is 5.13. The zero-order valence-electron chi connectivity index (χ0n) is 21.0. The molecule has 0 heterocycles. The summed E-state index contributed by atoms with van der Waals surface area (Å²) in [6, 6.07) is 4.09. The van der Waals surface area contributed by atoms with Crippen molar-refractivity contribution >= 4 is 28.8 Å². The van der Waals surface area contributed by atoms with E-state index in [-0.39, 0.29) is 5.91 Å². The van der Waals surface area contributed by atoms with Gasteiger partial charge in [0, 0.05) is 36.3 Å². The number of halogens is 1. The molecule has 1 aromatic carbocycles. The summed E-state index contributed by atoms with van der Waals surface area (Å²) in [5, 5.41) is 3.51. The van der Waals surface area contributed by atoms with Gasteiger partial charge in [-0.2, -0.15) is 0 Å². The summed E-state index contributed by atoms with van der Waals surface area (Å²) in [6.45, 7) is 17.5. The van der Waals surface area contributed by atoms with Gasteiger partial charge in [0.05, 0.1) is 6.61 Å². The zero-order chi connectivity index (χ0) is 24.5. The molecule has 0 saturated heterocycles. The highest BCUT2D eigenvalue weighted by molar-refractivity contribution is 6.31. The Morgan fingerprint density at radius 2 is 1.88 bits per heavy atom. The van der Waals surface area contributed by atoms with Gasteiger partial charge in [0.15, 0.2) is 0 Å². The van der Waals surface area contributed by atoms with Crippen LogP contribution in [0.1, 0.15) is 71.9 Å². The molecule has 4 nitrogen and oxygen atoms in total. The molecule has 0 spiro atoms. The Hall–Kier alpha value is -2.33. The van der Waals surface area contributed by atoms with E-state index in [4.69, 9.17) is 16.3 Å². The van der Waals surface area contributed by atoms with Crippen LogP contribution in [0.5, 0.6) is 5.75 Å². The monoisotopic (exact) mass is 460 g/mol. The summed E-state index contributed by atoms with van der Waals surface area (Å²) in [5.74, 6) is 1.03. The maximum atomic E-state index is 10.5. The highest BCUT2D eigenvalue weighted by atomic mass is 35.5. The lowest BCUT2D eigenvalue weighted by molar-refractivity contribution is -0.120. The Morgan fingerprint density at radius 3 is 2.41 bits per heavy atom. The Balaban J connectivity index is 0.00000102. The lowest BCUT2D eigenvalue weighted by atomic mass is 10.0. The fraction of sp³-hybridized carbons (Fsp3) is 0.481. The normalized spacial score (nSPS) is 11.8. The van der Waals surface area contributed by atoms with Crippen LogP contribution in [0.15, 0.2) is 47.5 Å². The molecule has 1 aromatic rings. The first-order chi connectivity index (χ1) is 15.2. The largest absolute Gasteiger partial charge is 0.494 e. The third-order valence-electron chi connectivity index (χ3n) is 4.75. The molecule has 0 saturated carbocycles. The van der Waals surface area contributed by atoms with Crippen molar-refractivity contribution in [2.24, 2.45) is 4.99 Å². The van der Waals surface area contributed by atoms with E-state index in [1.54, 1.807) is 7.05 Å². The van der Waals surface area contributed by atoms with E-state index >= 15 is 0 Å². The van der Waals surface area contributed by atoms with Crippen molar-refractivity contribution in [3.05, 3.63) is 58.7 Å². The third-order valence-corrected chi connectivity index (χ3v) is 5.08. The molecule has 0 bridgehead atoms. The minimum atomic E-state index is 0.145. The number of allylic oxidation sites excluding steroid dienone is 5. The quantitative estimate of drug-likeness (QED) is 0.280. The summed E-state index contributed by atoms with van der Waals surface area (Å²) >= 11 is 6.48. The maximum Gasteiger partial charge on any atom is 0.219 e. The average Bonchev–Trinajstić information content (AvgIpc) is 2.79. The van der Waals surface area contributed by atoms with Crippen molar-refractivity contribution in [2.45, 2.75) is 67.2 Å². The predicted octanol–water partition coefficient (Wildman–Crippen LogP) is 7.22. The van der Waals surface area contributed by atoms with Crippen LogP contribution < -0.4 is 10.1 Å². The van der Waals surface area contributed by atoms with Crippen molar-refractivity contribution in [3.8, 4) is 5.75 Å². The number of amides is 1. The summed E-state index contributed by atoms with van der Waals surface area (Å²) in [4.78, 5) is 14.6. The van der Waals surface area contributed by atoms with E-state index in [1.165, 1.54) is 0 Å². The SMILES string of the molecule is C=C(/C=C\C=C(/C)c1cc(Cl)c(CCC)c(OCC)c1)C(C)=NC.CCCNC(=O)CC. The van der Waals surface area contributed by atoms with Crippen molar-refractivity contribution in [3.63, 3.8) is 0 Å². The Morgan fingerprint density at radius 1 is 1.19 bits per heavy atom. The van der Waals surface area contributed by atoms with Crippen LogP contribution in [0.2, 0.25) is 5.02 Å². The van der Waals surface area contributed by atoms with E-state index in [0.29, 0.717) is 13.0 Å². The number of hydrogen-bond donors (Lipinski definition) is 1. The van der Waals surface area contributed by atoms with E-state index in [2.05, 4.69) is 42.9 Å². The van der Waals surface area contributed by atoms with Crippen LogP contribution in [0, 0.1) is 0 Å². The number of aliphatic imine (C=N–C) groups is 1. The predicted molar refractivity (Wildman–Crippen MR) is 141 cm³/mol. The van der Waals surface area contributed by atoms with E-state index < -0.39 is 0 Å². The zero-order valence-corrected chi connectivity index (χ0v) is 21.7. The molecule has 0 unspecified atom stereocenters. The number of carbonyl (C=O) groups excluding carboxylic acids is 1. The molecule has 178 valence electrons. The second kappa shape index (κ2) is 17.3. The summed E-state index contributed by atoms with van der Waals surface area (Å²) in [7, 11) is 1.77. The second-order valence-electron chi connectivity index (χ2n) is 7.36. The van der Waals surface area contributed by atoms with Crippen LogP contribution in [0.25, 0.3) is 5.57 Å². The Labute approximate surface area is 200 Å². The molecule has 1 rings (SSSR count). The van der Waals surface area contributed by atoms with Crippen molar-refractivity contribution in [1.29, 1.82) is 0 Å². The van der Waals surface area contributed by atoms with Gasteiger partial charge < -0.3 is 10.1 Å². The van der Waals surface area contributed by atoms with Gasteiger partial charge in [0.1, 0.15) is 5.75 Å². The molecule has 32 heavy (non-hydrogen) atoms. The smallest absolute Gasteiger partial charge is 0.219 e. The molecule has 0 aliphatic carbocycles. The van der Waals surface area contributed by atoms with Gasteiger partial charge in [-0.1, -0.05) is 63.6 Å². The first-order valence-corrected chi connectivity index (χ1v) is 11.8. The number of hydrogen-bond acceptors (Lipinski definition) is 3. The molecule has 1 amide bonds. The standard InChI is InChI=1S/C21H28ClNO.C6H13NO/c1-7-10-19-20(22)13-18(14-21(19)24-8-2)16(4)12-9-11-15(3)17(5)23-6;1-3-5-7-6(8)4-2/h9,11-14H,3,7-8,10H2,1-2,4-6H3;3-5H2,1-2H3,(H,7,8)/b11-9-,16-12+,23-17?;. The number of benzene rings is 1. The fourth-order valence-corrected chi connectivity index (χ4v) is 2.98. The lowest BCUT2D eigenvalue weighted by Gasteiger charge is -2.14. The highest BCUT2D eigenvalue weighted by Gasteiger charge is 2.11. The number of rotatable bonds is 11. The lowest BCUT2D eigenvalue weighted by Crippen LogP contribution is -2.22. The topological polar surface area (TPSA) is 50.7 Å². The summed E-state index contributed by atoms with van der Waals surface area (Å²) in [6.07, 6.45) is 9.58. The second-order valence-corrected chi connectivity index (χ2v) is 7.77. The molecule has 0 aromatic heterocycles. The first kappa shape index (κ1) is 29.7. The molecular formula is C27H41ClN2O2.